The van der Waals surface area contributed by atoms with Crippen LogP contribution in [0.5, 0.6) is 0 Å². The van der Waals surface area contributed by atoms with Crippen molar-refractivity contribution in [1.82, 2.24) is 39.4 Å². The van der Waals surface area contributed by atoms with Gasteiger partial charge in [-0.25, -0.2) is 0 Å². The quantitative estimate of drug-likeness (QED) is 0.137. The molecule has 4 aliphatic heterocycles. The Morgan fingerprint density at radius 1 is 0.472 bits per heavy atom. The summed E-state index contributed by atoms with van der Waals surface area (Å²) in [5.74, 6) is -1.22. The fraction of sp³-hybridized carbons (Fsp3) is 0.373. The number of likely N-dealkylation sites (tertiary alicyclic amines) is 3. The number of rotatable bonds is 8. The van der Waals surface area contributed by atoms with Gasteiger partial charge in [-0.05, 0) is 147 Å². The van der Waals surface area contributed by atoms with Crippen molar-refractivity contribution in [2.75, 3.05) is 52.5 Å². The minimum atomic E-state index is -4.38. The molecule has 4 fully saturated rings. The van der Waals surface area contributed by atoms with Gasteiger partial charge in [0.25, 0.3) is 17.7 Å². The Kier molecular flexibility index (Phi) is 17.8. The van der Waals surface area contributed by atoms with Crippen molar-refractivity contribution in [1.29, 1.82) is 0 Å². The Morgan fingerprint density at radius 3 is 1.27 bits per heavy atom. The molecule has 0 spiro atoms. The Bertz CT molecular complexity index is 4030. The minimum Gasteiger partial charge on any atom is -0.377 e. The maximum absolute atomic E-state index is 13.4. The maximum atomic E-state index is 13.4. The van der Waals surface area contributed by atoms with Crippen molar-refractivity contribution < 1.29 is 63.2 Å². The number of carbonyl (C=O) groups excluding carboxylic acids is 3. The van der Waals surface area contributed by atoms with E-state index in [-0.39, 0.29) is 47.2 Å². The van der Waals surface area contributed by atoms with Crippen LogP contribution in [0.25, 0.3) is 32.8 Å². The summed E-state index contributed by atoms with van der Waals surface area (Å²) >= 11 is 0. The van der Waals surface area contributed by atoms with E-state index < -0.39 is 35.2 Å². The minimum absolute atomic E-state index is 0.116. The van der Waals surface area contributed by atoms with Crippen LogP contribution in [0.15, 0.2) is 138 Å². The molecule has 3 amide bonds. The number of ether oxygens (including phenoxy) is 1. The molecule has 7 heterocycles. The average Bonchev–Trinajstić information content (AvgIpc) is 3.04. The summed E-state index contributed by atoms with van der Waals surface area (Å²) in [7, 11) is 0. The van der Waals surface area contributed by atoms with Gasteiger partial charge in [-0.15, -0.1) is 0 Å². The van der Waals surface area contributed by atoms with Crippen LogP contribution in [-0.4, -0.2) is 110 Å². The van der Waals surface area contributed by atoms with E-state index in [2.05, 4.69) is 15.4 Å². The number of alkyl halides is 9. The first-order valence-electron chi connectivity index (χ1n) is 29.8. The second-order valence-electron chi connectivity index (χ2n) is 23.2. The van der Waals surface area contributed by atoms with Crippen molar-refractivity contribution in [3.05, 3.63) is 195 Å². The first-order chi connectivity index (χ1) is 42.6. The maximum Gasteiger partial charge on any atom is 0.416 e. The number of fused-ring (bicyclic) bond motifs is 3. The number of para-hydroxylation sites is 1. The second-order valence-corrected chi connectivity index (χ2v) is 23.2. The molecule has 0 saturated carbocycles. The fourth-order valence-corrected chi connectivity index (χ4v) is 12.7. The lowest BCUT2D eigenvalue weighted by molar-refractivity contribution is -0.139. The molecule has 466 valence electrons. The van der Waals surface area contributed by atoms with Crippen LogP contribution < -0.4 is 0 Å². The SMILES string of the molecule is CCn1nc(C(=O)N2CCC(c3ccccc3C(F)(F)F)CC2)c2ccc(C)cc21.Cc1ccc2c(C(=O)N3CCC(c4ccccc4C(F)(F)F)CC3)nn(C3COC3)c2c1.O=C(c1noc2ccccc12)N1CCC(c2ccccc2C(F)(F)F)CC1. The lowest BCUT2D eigenvalue weighted by Crippen LogP contribution is -2.38. The first-order valence-corrected chi connectivity index (χ1v) is 29.8. The number of aromatic nitrogens is 5. The predicted octanol–water partition coefficient (Wildman–Crippen LogP) is 15.2. The molecule has 13 rings (SSSR count). The molecule has 0 aliphatic carbocycles. The highest BCUT2D eigenvalue weighted by Gasteiger charge is 2.40. The second kappa shape index (κ2) is 25.5. The normalized spacial score (nSPS) is 16.7. The molecule has 22 heteroatoms. The number of benzene rings is 6. The monoisotopic (exact) mass is 1230 g/mol. The third-order valence-corrected chi connectivity index (χ3v) is 17.5. The van der Waals surface area contributed by atoms with Crippen molar-refractivity contribution in [2.24, 2.45) is 0 Å². The zero-order valence-electron chi connectivity index (χ0n) is 49.1. The van der Waals surface area contributed by atoms with Gasteiger partial charge in [0.2, 0.25) is 0 Å². The molecule has 9 aromatic rings. The van der Waals surface area contributed by atoms with Gasteiger partial charge >= 0.3 is 18.5 Å². The van der Waals surface area contributed by atoms with Gasteiger partial charge in [-0.2, -0.15) is 49.7 Å². The van der Waals surface area contributed by atoms with E-state index in [0.29, 0.717) is 137 Å². The lowest BCUT2D eigenvalue weighted by Gasteiger charge is -2.33. The smallest absolute Gasteiger partial charge is 0.377 e. The summed E-state index contributed by atoms with van der Waals surface area (Å²) in [6, 6.07) is 36.2. The van der Waals surface area contributed by atoms with Crippen molar-refractivity contribution in [3.8, 4) is 0 Å². The van der Waals surface area contributed by atoms with Crippen LogP contribution >= 0.6 is 0 Å². The van der Waals surface area contributed by atoms with Crippen LogP contribution in [0.3, 0.4) is 0 Å². The van der Waals surface area contributed by atoms with Crippen LogP contribution in [0.4, 0.5) is 39.5 Å². The third kappa shape index (κ3) is 13.1. The fourth-order valence-electron chi connectivity index (χ4n) is 12.7. The van der Waals surface area contributed by atoms with Gasteiger partial charge in [0.05, 0.1) is 52.4 Å². The molecular formula is C67H65F9N8O5. The molecule has 0 N–H and O–H groups in total. The number of carbonyl (C=O) groups is 3. The molecule has 6 aromatic carbocycles. The van der Waals surface area contributed by atoms with Crippen LogP contribution in [0.2, 0.25) is 0 Å². The Labute approximate surface area is 507 Å². The van der Waals surface area contributed by atoms with E-state index >= 15 is 0 Å². The average molecular weight is 1230 g/mol. The molecule has 0 unspecified atom stereocenters. The van der Waals surface area contributed by atoms with E-state index in [1.54, 1.807) is 69.3 Å². The Balaban J connectivity index is 0.000000138. The van der Waals surface area contributed by atoms with Crippen LogP contribution in [0, 0.1) is 13.8 Å². The van der Waals surface area contributed by atoms with Crippen molar-refractivity contribution >= 4 is 50.5 Å². The number of hydrogen-bond donors (Lipinski definition) is 0. The summed E-state index contributed by atoms with van der Waals surface area (Å²) < 4.78 is 134. The van der Waals surface area contributed by atoms with E-state index in [1.807, 2.05) is 66.5 Å². The predicted molar refractivity (Wildman–Crippen MR) is 316 cm³/mol. The summed E-state index contributed by atoms with van der Waals surface area (Å²) in [4.78, 5) is 44.4. The van der Waals surface area contributed by atoms with E-state index in [0.717, 1.165) is 51.1 Å². The standard InChI is InChI=1S/C24H24F3N3O2.C23H24F3N3O.C20H17F3N2O2/c1-15-6-7-19-21(12-15)30(17-13-32-14-17)28-22(19)23(31)29-10-8-16(9-11-29)18-4-2-3-5-20(18)24(25,26)27;1-3-29-20-14-15(2)8-9-18(20)21(27-29)22(30)28-12-10-16(11-13-28)17-6-4-5-7-19(17)23(24,25)26;21-20(22,23)16-7-3-1-5-14(16)13-9-11-25(12-10-13)19(26)18-15-6-2-4-8-17(15)27-24-18/h2-7,12,16-17H,8-11,13-14H2,1H3;4-9,14,16H,3,10-13H2,1-2H3;1-8,13H,9-12H2. The number of halogens is 9. The Hall–Kier alpha value is -8.53. The van der Waals surface area contributed by atoms with Crippen molar-refractivity contribution in [2.45, 2.75) is 108 Å². The highest BCUT2D eigenvalue weighted by Crippen LogP contribution is 2.43. The molecule has 3 aromatic heterocycles. The number of piperidine rings is 3. The van der Waals surface area contributed by atoms with Crippen LogP contribution in [0.1, 0.15) is 145 Å². The van der Waals surface area contributed by atoms with E-state index in [9.17, 15) is 53.9 Å². The molecule has 0 atom stereocenters. The number of aryl methyl sites for hydroxylation is 3. The van der Waals surface area contributed by atoms with Crippen LogP contribution in [-0.2, 0) is 29.8 Å². The number of nitrogens with zero attached hydrogens (tertiary/aromatic N) is 8. The van der Waals surface area contributed by atoms with Gasteiger partial charge in [-0.3, -0.25) is 23.7 Å². The highest BCUT2D eigenvalue weighted by atomic mass is 19.4. The van der Waals surface area contributed by atoms with Gasteiger partial charge in [-0.1, -0.05) is 96.2 Å². The number of amides is 3. The summed E-state index contributed by atoms with van der Waals surface area (Å²) in [6.45, 7) is 10.2. The molecule has 4 aliphatic rings. The molecule has 4 saturated heterocycles. The molecule has 0 bridgehead atoms. The topological polar surface area (TPSA) is 132 Å². The zero-order chi connectivity index (χ0) is 62.9. The zero-order valence-corrected chi connectivity index (χ0v) is 49.1. The first kappa shape index (κ1) is 62.1. The highest BCUT2D eigenvalue weighted by molar-refractivity contribution is 6.06. The molecule has 0 radical (unpaired) electrons. The number of hydrogen-bond acceptors (Lipinski definition) is 8. The van der Waals surface area contributed by atoms with Gasteiger partial charge in [0.1, 0.15) is 0 Å². The van der Waals surface area contributed by atoms with Gasteiger partial charge < -0.3 is 24.0 Å². The van der Waals surface area contributed by atoms with Gasteiger partial charge in [0.15, 0.2) is 22.7 Å². The summed E-state index contributed by atoms with van der Waals surface area (Å²) in [5.41, 5.74) is 4.85. The molecule has 89 heavy (non-hydrogen) atoms. The van der Waals surface area contributed by atoms with Crippen molar-refractivity contribution in [3.63, 3.8) is 0 Å². The van der Waals surface area contributed by atoms with E-state index in [4.69, 9.17) is 9.26 Å². The summed E-state index contributed by atoms with van der Waals surface area (Å²) in [6.07, 6.45) is -10.2. The van der Waals surface area contributed by atoms with E-state index in [1.165, 1.54) is 24.3 Å². The molecule has 13 nitrogen and oxygen atoms in total. The summed E-state index contributed by atoms with van der Waals surface area (Å²) in [5, 5.41) is 15.3. The van der Waals surface area contributed by atoms with Gasteiger partial charge in [0, 0.05) is 56.6 Å². The largest absolute Gasteiger partial charge is 0.416 e. The third-order valence-electron chi connectivity index (χ3n) is 17.5. The molecular weight excluding hydrogens is 1170 g/mol. The lowest BCUT2D eigenvalue weighted by atomic mass is 9.86. The Morgan fingerprint density at radius 2 is 0.854 bits per heavy atom.